The first-order chi connectivity index (χ1) is 5.81. The average Bonchev–Trinajstić information content (AvgIpc) is 2.47. The van der Waals surface area contributed by atoms with Gasteiger partial charge in [0.2, 0.25) is 0 Å². The van der Waals surface area contributed by atoms with E-state index >= 15 is 0 Å². The van der Waals surface area contributed by atoms with Crippen LogP contribution < -0.4 is 4.74 Å². The van der Waals surface area contributed by atoms with Crippen molar-refractivity contribution in [2.45, 2.75) is 0 Å². The Hall–Kier alpha value is -1.71. The number of methoxy groups -OCH3 is 1. The van der Waals surface area contributed by atoms with E-state index in [1.807, 2.05) is 0 Å². The van der Waals surface area contributed by atoms with Crippen LogP contribution in [-0.4, -0.2) is 16.8 Å². The van der Waals surface area contributed by atoms with Gasteiger partial charge in [0, 0.05) is 6.07 Å². The Morgan fingerprint density at radius 1 is 1.50 bits per heavy atom. The van der Waals surface area contributed by atoms with Gasteiger partial charge in [0.15, 0.2) is 0 Å². The summed E-state index contributed by atoms with van der Waals surface area (Å²) in [4.78, 5) is 3.89. The van der Waals surface area contributed by atoms with Gasteiger partial charge in [0.05, 0.1) is 24.5 Å². The summed E-state index contributed by atoms with van der Waals surface area (Å²) in [6.45, 7) is 0. The van der Waals surface area contributed by atoms with Crippen LogP contribution in [0.25, 0.3) is 11.0 Å². The summed E-state index contributed by atoms with van der Waals surface area (Å²) in [5.41, 5.74) is 1.22. The molecule has 0 radical (unpaired) electrons. The van der Waals surface area contributed by atoms with E-state index < -0.39 is 0 Å². The molecular formula is C8H7N2O2-. The number of benzene rings is 1. The van der Waals surface area contributed by atoms with E-state index in [9.17, 15) is 5.21 Å². The Bertz CT molecular complexity index is 408. The maximum absolute atomic E-state index is 11.0. The minimum absolute atomic E-state index is 0.536. The third-order valence-electron chi connectivity index (χ3n) is 1.72. The highest BCUT2D eigenvalue weighted by Gasteiger charge is 1.98. The van der Waals surface area contributed by atoms with Crippen molar-refractivity contribution in [1.82, 2.24) is 9.71 Å². The number of ether oxygens (including phenoxy) is 1. The second kappa shape index (κ2) is 2.41. The minimum atomic E-state index is 0.536. The third-order valence-corrected chi connectivity index (χ3v) is 1.72. The first kappa shape index (κ1) is 6.97. The lowest BCUT2D eigenvalue weighted by Gasteiger charge is -2.06. The van der Waals surface area contributed by atoms with Crippen LogP contribution >= 0.6 is 0 Å². The molecule has 0 saturated heterocycles. The van der Waals surface area contributed by atoms with Crippen LogP contribution in [0.2, 0.25) is 0 Å². The zero-order valence-electron chi connectivity index (χ0n) is 6.52. The SMILES string of the molecule is COc1ccc2ncn([O-])c2c1. The highest BCUT2D eigenvalue weighted by atomic mass is 16.5. The van der Waals surface area contributed by atoms with Crippen molar-refractivity contribution < 1.29 is 4.74 Å². The van der Waals surface area contributed by atoms with Gasteiger partial charge in [-0.3, -0.25) is 0 Å². The largest absolute Gasteiger partial charge is 0.805 e. The molecule has 62 valence electrons. The van der Waals surface area contributed by atoms with E-state index in [0.717, 1.165) is 4.73 Å². The van der Waals surface area contributed by atoms with E-state index in [-0.39, 0.29) is 0 Å². The molecule has 0 aliphatic carbocycles. The fourth-order valence-electron chi connectivity index (χ4n) is 1.09. The summed E-state index contributed by atoms with van der Waals surface area (Å²) < 4.78 is 5.69. The molecule has 0 unspecified atom stereocenters. The number of nitrogens with zero attached hydrogens (tertiary/aromatic N) is 2. The number of rotatable bonds is 1. The van der Waals surface area contributed by atoms with E-state index in [1.54, 1.807) is 25.3 Å². The van der Waals surface area contributed by atoms with Crippen LogP contribution in [0.1, 0.15) is 0 Å². The zero-order valence-corrected chi connectivity index (χ0v) is 6.52. The molecule has 1 heterocycles. The van der Waals surface area contributed by atoms with Crippen LogP contribution in [-0.2, 0) is 0 Å². The molecule has 4 nitrogen and oxygen atoms in total. The van der Waals surface area contributed by atoms with Crippen molar-refractivity contribution in [3.63, 3.8) is 0 Å². The molecule has 2 rings (SSSR count). The molecule has 1 aromatic heterocycles. The second-order valence-corrected chi connectivity index (χ2v) is 2.43. The monoisotopic (exact) mass is 163 g/mol. The zero-order chi connectivity index (χ0) is 8.55. The van der Waals surface area contributed by atoms with Crippen molar-refractivity contribution in [1.29, 1.82) is 0 Å². The number of hydrogen-bond donors (Lipinski definition) is 0. The predicted octanol–water partition coefficient (Wildman–Crippen LogP) is 1.39. The number of aromatic nitrogens is 2. The first-order valence-electron chi connectivity index (χ1n) is 3.50. The van der Waals surface area contributed by atoms with Crippen molar-refractivity contribution in [3.8, 4) is 5.75 Å². The van der Waals surface area contributed by atoms with Gasteiger partial charge in [-0.1, -0.05) is 0 Å². The van der Waals surface area contributed by atoms with Crippen LogP contribution in [0, 0.1) is 5.21 Å². The molecule has 0 amide bonds. The van der Waals surface area contributed by atoms with E-state index in [4.69, 9.17) is 4.74 Å². The minimum Gasteiger partial charge on any atom is -0.805 e. The first-order valence-corrected chi connectivity index (χ1v) is 3.50. The molecule has 0 N–H and O–H groups in total. The fourth-order valence-corrected chi connectivity index (χ4v) is 1.09. The van der Waals surface area contributed by atoms with Crippen molar-refractivity contribution in [2.24, 2.45) is 0 Å². The molecule has 0 aliphatic heterocycles. The Balaban J connectivity index is 2.71. The number of hydrogen-bond acceptors (Lipinski definition) is 3. The van der Waals surface area contributed by atoms with Gasteiger partial charge in [-0.15, -0.1) is 0 Å². The smallest absolute Gasteiger partial charge is 0.121 e. The van der Waals surface area contributed by atoms with Crippen LogP contribution in [0.3, 0.4) is 0 Å². The highest BCUT2D eigenvalue weighted by molar-refractivity contribution is 5.77. The van der Waals surface area contributed by atoms with E-state index in [2.05, 4.69) is 4.98 Å². The molecule has 0 aliphatic rings. The molecular weight excluding hydrogens is 156 g/mol. The van der Waals surface area contributed by atoms with E-state index in [1.165, 1.54) is 6.33 Å². The highest BCUT2D eigenvalue weighted by Crippen LogP contribution is 2.18. The number of imidazole rings is 1. The van der Waals surface area contributed by atoms with Gasteiger partial charge in [-0.2, -0.15) is 0 Å². The normalized spacial score (nSPS) is 10.4. The Labute approximate surface area is 69.0 Å². The van der Waals surface area contributed by atoms with Gasteiger partial charge in [-0.05, 0) is 12.1 Å². The molecule has 0 spiro atoms. The number of fused-ring (bicyclic) bond motifs is 1. The van der Waals surface area contributed by atoms with Gasteiger partial charge >= 0.3 is 0 Å². The maximum atomic E-state index is 11.0. The fraction of sp³-hybridized carbons (Fsp3) is 0.125. The summed E-state index contributed by atoms with van der Waals surface area (Å²) in [6.07, 6.45) is 1.24. The standard InChI is InChI=1S/C8H7N2O2/c1-12-6-2-3-7-8(4-6)10(11)5-9-7/h2-5H,1H3/q-1. The van der Waals surface area contributed by atoms with Crippen molar-refractivity contribution in [2.75, 3.05) is 7.11 Å². The molecule has 4 heteroatoms. The molecule has 0 atom stereocenters. The summed E-state index contributed by atoms with van der Waals surface area (Å²) in [5, 5.41) is 11.0. The van der Waals surface area contributed by atoms with Gasteiger partial charge < -0.3 is 14.7 Å². The second-order valence-electron chi connectivity index (χ2n) is 2.43. The van der Waals surface area contributed by atoms with E-state index in [0.29, 0.717) is 16.8 Å². The molecule has 0 saturated carbocycles. The Morgan fingerprint density at radius 2 is 2.33 bits per heavy atom. The van der Waals surface area contributed by atoms with Crippen molar-refractivity contribution >= 4 is 11.0 Å². The van der Waals surface area contributed by atoms with Gasteiger partial charge in [0.25, 0.3) is 0 Å². The van der Waals surface area contributed by atoms with Crippen LogP contribution in [0.5, 0.6) is 5.75 Å². The molecule has 1 aromatic carbocycles. The lowest BCUT2D eigenvalue weighted by atomic mass is 10.3. The summed E-state index contributed by atoms with van der Waals surface area (Å²) in [5.74, 6) is 0.667. The molecule has 0 bridgehead atoms. The predicted molar refractivity (Wildman–Crippen MR) is 45.1 cm³/mol. The van der Waals surface area contributed by atoms with Crippen LogP contribution in [0.15, 0.2) is 24.5 Å². The van der Waals surface area contributed by atoms with Crippen LogP contribution in [0.4, 0.5) is 0 Å². The van der Waals surface area contributed by atoms with Crippen molar-refractivity contribution in [3.05, 3.63) is 29.7 Å². The van der Waals surface area contributed by atoms with Gasteiger partial charge in [0.1, 0.15) is 5.75 Å². The quantitative estimate of drug-likeness (QED) is 0.638. The summed E-state index contributed by atoms with van der Waals surface area (Å²) >= 11 is 0. The summed E-state index contributed by atoms with van der Waals surface area (Å²) in [7, 11) is 1.56. The molecule has 0 fully saturated rings. The topological polar surface area (TPSA) is 50.1 Å². The molecule has 12 heavy (non-hydrogen) atoms. The lowest BCUT2D eigenvalue weighted by Crippen LogP contribution is -1.84. The average molecular weight is 163 g/mol. The van der Waals surface area contributed by atoms with Gasteiger partial charge in [-0.25, -0.2) is 4.98 Å². The maximum Gasteiger partial charge on any atom is 0.121 e. The Morgan fingerprint density at radius 3 is 3.08 bits per heavy atom. The third kappa shape index (κ3) is 0.887. The summed E-state index contributed by atoms with van der Waals surface area (Å²) in [6, 6.07) is 5.19. The molecule has 2 aromatic rings. The Kier molecular flexibility index (Phi) is 1.40. The lowest BCUT2D eigenvalue weighted by molar-refractivity contribution is 0.415.